The molecular formula is C19H19N3O2S. The van der Waals surface area contributed by atoms with Gasteiger partial charge in [0.2, 0.25) is 11.8 Å². The predicted octanol–water partition coefficient (Wildman–Crippen LogP) is 3.55. The molecule has 1 unspecified atom stereocenters. The largest absolute Gasteiger partial charge is 0.339 e. The first-order chi connectivity index (χ1) is 12.2. The van der Waals surface area contributed by atoms with Crippen LogP contribution in [0.5, 0.6) is 0 Å². The Kier molecular flexibility index (Phi) is 4.36. The number of aryl methyl sites for hydroxylation is 1. The third-order valence-electron chi connectivity index (χ3n) is 4.59. The standard InChI is InChI=1S/C19H19N3O2S/c1-13-5-2-3-6-14(13)11-22-12-15(9-18(22)23)19-20-17(24-21-19)10-16-7-4-8-25-16/h2-8,15H,9-12H2,1H3. The maximum atomic E-state index is 12.4. The first-order valence-electron chi connectivity index (χ1n) is 8.36. The number of carbonyl (C=O) groups is 1. The summed E-state index contributed by atoms with van der Waals surface area (Å²) in [7, 11) is 0. The Hall–Kier alpha value is -2.47. The summed E-state index contributed by atoms with van der Waals surface area (Å²) < 4.78 is 5.37. The maximum absolute atomic E-state index is 12.4. The van der Waals surface area contributed by atoms with Crippen molar-refractivity contribution in [3.63, 3.8) is 0 Å². The van der Waals surface area contributed by atoms with Gasteiger partial charge >= 0.3 is 0 Å². The second-order valence-corrected chi connectivity index (χ2v) is 7.44. The van der Waals surface area contributed by atoms with E-state index in [9.17, 15) is 4.79 Å². The molecule has 2 aromatic heterocycles. The van der Waals surface area contributed by atoms with Gasteiger partial charge in [-0.25, -0.2) is 0 Å². The highest BCUT2D eigenvalue weighted by Gasteiger charge is 2.33. The Morgan fingerprint density at radius 1 is 1.28 bits per heavy atom. The van der Waals surface area contributed by atoms with Crippen LogP contribution in [0.15, 0.2) is 46.3 Å². The van der Waals surface area contributed by atoms with Crippen molar-refractivity contribution < 1.29 is 9.32 Å². The van der Waals surface area contributed by atoms with Crippen molar-refractivity contribution in [2.24, 2.45) is 0 Å². The zero-order chi connectivity index (χ0) is 17.2. The number of aromatic nitrogens is 2. The topological polar surface area (TPSA) is 59.2 Å². The molecule has 1 aromatic carbocycles. The first-order valence-corrected chi connectivity index (χ1v) is 9.24. The van der Waals surface area contributed by atoms with Gasteiger partial charge in [-0.2, -0.15) is 4.98 Å². The van der Waals surface area contributed by atoms with E-state index < -0.39 is 0 Å². The predicted molar refractivity (Wildman–Crippen MR) is 95.4 cm³/mol. The quantitative estimate of drug-likeness (QED) is 0.704. The van der Waals surface area contributed by atoms with E-state index in [0.717, 1.165) is 0 Å². The molecule has 1 atom stereocenters. The zero-order valence-corrected chi connectivity index (χ0v) is 14.8. The van der Waals surface area contributed by atoms with Crippen LogP contribution >= 0.6 is 11.3 Å². The number of hydrogen-bond donors (Lipinski definition) is 0. The summed E-state index contributed by atoms with van der Waals surface area (Å²) in [4.78, 5) is 20.0. The molecule has 0 saturated carbocycles. The smallest absolute Gasteiger partial charge is 0.231 e. The van der Waals surface area contributed by atoms with Crippen LogP contribution in [0.4, 0.5) is 0 Å². The summed E-state index contributed by atoms with van der Waals surface area (Å²) in [5, 5.41) is 6.15. The van der Waals surface area contributed by atoms with Crippen LogP contribution in [0.2, 0.25) is 0 Å². The Morgan fingerprint density at radius 2 is 2.16 bits per heavy atom. The van der Waals surface area contributed by atoms with E-state index in [1.807, 2.05) is 28.5 Å². The summed E-state index contributed by atoms with van der Waals surface area (Å²) in [5.41, 5.74) is 2.39. The van der Waals surface area contributed by atoms with Crippen molar-refractivity contribution in [2.45, 2.75) is 32.2 Å². The number of nitrogens with zero attached hydrogens (tertiary/aromatic N) is 3. The number of amides is 1. The Bertz CT molecular complexity index is 872. The zero-order valence-electron chi connectivity index (χ0n) is 14.0. The first kappa shape index (κ1) is 16.0. The van der Waals surface area contributed by atoms with Crippen molar-refractivity contribution in [2.75, 3.05) is 6.54 Å². The number of likely N-dealkylation sites (tertiary alicyclic amines) is 1. The molecule has 0 N–H and O–H groups in total. The Labute approximate surface area is 150 Å². The fraction of sp³-hybridized carbons (Fsp3) is 0.316. The molecule has 6 heteroatoms. The summed E-state index contributed by atoms with van der Waals surface area (Å²) >= 11 is 1.67. The molecule has 0 spiro atoms. The molecule has 1 aliphatic heterocycles. The van der Waals surface area contributed by atoms with Crippen LogP contribution in [-0.4, -0.2) is 27.5 Å². The van der Waals surface area contributed by atoms with Gasteiger partial charge in [0.1, 0.15) is 0 Å². The average Bonchev–Trinajstić information content (AvgIpc) is 3.33. The molecule has 1 saturated heterocycles. The van der Waals surface area contributed by atoms with Gasteiger partial charge < -0.3 is 9.42 Å². The number of hydrogen-bond acceptors (Lipinski definition) is 5. The molecule has 1 aliphatic rings. The van der Waals surface area contributed by atoms with Crippen LogP contribution in [0.1, 0.15) is 40.1 Å². The van der Waals surface area contributed by atoms with E-state index in [2.05, 4.69) is 35.3 Å². The van der Waals surface area contributed by atoms with E-state index in [1.165, 1.54) is 16.0 Å². The molecule has 5 nitrogen and oxygen atoms in total. The lowest BCUT2D eigenvalue weighted by atomic mass is 10.1. The van der Waals surface area contributed by atoms with E-state index >= 15 is 0 Å². The molecule has 3 heterocycles. The molecule has 1 fully saturated rings. The monoisotopic (exact) mass is 353 g/mol. The van der Waals surface area contributed by atoms with Gasteiger partial charge in [-0.05, 0) is 29.5 Å². The highest BCUT2D eigenvalue weighted by molar-refractivity contribution is 7.09. The van der Waals surface area contributed by atoms with Crippen LogP contribution in [0.3, 0.4) is 0 Å². The minimum atomic E-state index is 0.0114. The van der Waals surface area contributed by atoms with Crippen LogP contribution < -0.4 is 0 Å². The Morgan fingerprint density at radius 3 is 2.96 bits per heavy atom. The minimum absolute atomic E-state index is 0.0114. The van der Waals surface area contributed by atoms with Gasteiger partial charge in [0, 0.05) is 30.3 Å². The minimum Gasteiger partial charge on any atom is -0.339 e. The lowest BCUT2D eigenvalue weighted by Crippen LogP contribution is -2.24. The van der Waals surface area contributed by atoms with Crippen molar-refractivity contribution in [1.29, 1.82) is 0 Å². The van der Waals surface area contributed by atoms with Gasteiger partial charge in [-0.3, -0.25) is 4.79 Å². The molecule has 0 aliphatic carbocycles. The number of benzene rings is 1. The average molecular weight is 353 g/mol. The Balaban J connectivity index is 1.43. The van der Waals surface area contributed by atoms with Crippen molar-refractivity contribution >= 4 is 17.2 Å². The third kappa shape index (κ3) is 3.49. The van der Waals surface area contributed by atoms with Crippen molar-refractivity contribution in [1.82, 2.24) is 15.0 Å². The van der Waals surface area contributed by atoms with Gasteiger partial charge in [0.25, 0.3) is 0 Å². The van der Waals surface area contributed by atoms with Gasteiger partial charge in [-0.1, -0.05) is 35.5 Å². The second-order valence-electron chi connectivity index (χ2n) is 6.40. The van der Waals surface area contributed by atoms with Gasteiger partial charge in [-0.15, -0.1) is 11.3 Å². The SMILES string of the molecule is Cc1ccccc1CN1CC(c2noc(Cc3cccs3)n2)CC1=O. The molecule has 4 rings (SSSR count). The highest BCUT2D eigenvalue weighted by Crippen LogP contribution is 2.28. The van der Waals surface area contributed by atoms with Crippen LogP contribution in [0, 0.1) is 6.92 Å². The van der Waals surface area contributed by atoms with E-state index in [4.69, 9.17) is 4.52 Å². The highest BCUT2D eigenvalue weighted by atomic mass is 32.1. The normalized spacial score (nSPS) is 17.4. The lowest BCUT2D eigenvalue weighted by Gasteiger charge is -2.17. The third-order valence-corrected chi connectivity index (χ3v) is 5.47. The summed E-state index contributed by atoms with van der Waals surface area (Å²) in [6.07, 6.45) is 1.10. The molecule has 0 bridgehead atoms. The number of thiophene rings is 1. The number of carbonyl (C=O) groups excluding carboxylic acids is 1. The summed E-state index contributed by atoms with van der Waals surface area (Å²) in [6, 6.07) is 12.2. The lowest BCUT2D eigenvalue weighted by molar-refractivity contribution is -0.128. The van der Waals surface area contributed by atoms with Crippen LogP contribution in [-0.2, 0) is 17.8 Å². The fourth-order valence-electron chi connectivity index (χ4n) is 3.16. The van der Waals surface area contributed by atoms with E-state index in [-0.39, 0.29) is 11.8 Å². The van der Waals surface area contributed by atoms with Gasteiger partial charge in [0.15, 0.2) is 5.82 Å². The molecule has 128 valence electrons. The molecule has 25 heavy (non-hydrogen) atoms. The van der Waals surface area contributed by atoms with E-state index in [0.29, 0.717) is 37.6 Å². The van der Waals surface area contributed by atoms with Gasteiger partial charge in [0.05, 0.1) is 6.42 Å². The molecule has 3 aromatic rings. The summed E-state index contributed by atoms with van der Waals surface area (Å²) in [5.74, 6) is 1.42. The second kappa shape index (κ2) is 6.80. The van der Waals surface area contributed by atoms with Crippen molar-refractivity contribution in [3.05, 3.63) is 69.5 Å². The van der Waals surface area contributed by atoms with Crippen LogP contribution in [0.25, 0.3) is 0 Å². The maximum Gasteiger partial charge on any atom is 0.231 e. The van der Waals surface area contributed by atoms with E-state index in [1.54, 1.807) is 11.3 Å². The summed E-state index contributed by atoms with van der Waals surface area (Å²) in [6.45, 7) is 3.36. The number of rotatable bonds is 5. The van der Waals surface area contributed by atoms with Crippen molar-refractivity contribution in [3.8, 4) is 0 Å². The fourth-order valence-corrected chi connectivity index (χ4v) is 3.85. The molecule has 1 amide bonds. The molecule has 0 radical (unpaired) electrons. The molecular weight excluding hydrogens is 334 g/mol.